The Morgan fingerprint density at radius 1 is 1.38 bits per heavy atom. The topological polar surface area (TPSA) is 64.7 Å². The molecule has 1 amide bonds. The van der Waals surface area contributed by atoms with Crippen molar-refractivity contribution in [1.29, 1.82) is 0 Å². The number of carbonyl (C=O) groups is 1. The average molecular weight is 354 g/mol. The van der Waals surface area contributed by atoms with E-state index in [4.69, 9.17) is 0 Å². The van der Waals surface area contributed by atoms with E-state index in [1.54, 1.807) is 10.9 Å². The highest BCUT2D eigenvalue weighted by molar-refractivity contribution is 9.10. The third kappa shape index (κ3) is 5.00. The molecule has 0 saturated carbocycles. The Kier molecular flexibility index (Phi) is 5.55. The number of carbonyl (C=O) groups excluding carboxylic acids is 1. The molecule has 0 aliphatic carbocycles. The molecule has 2 aromatic rings. The van der Waals surface area contributed by atoms with Crippen molar-refractivity contribution in [2.75, 3.05) is 6.54 Å². The van der Waals surface area contributed by atoms with Gasteiger partial charge in [-0.25, -0.2) is 0 Å². The maximum atomic E-state index is 11.7. The molecular weight excluding hydrogens is 334 g/mol. The minimum Gasteiger partial charge on any atom is -0.356 e. The van der Waals surface area contributed by atoms with E-state index in [1.807, 2.05) is 24.7 Å². The largest absolute Gasteiger partial charge is 0.356 e. The van der Waals surface area contributed by atoms with Gasteiger partial charge in [0.15, 0.2) is 0 Å². The zero-order valence-corrected chi connectivity index (χ0v) is 13.9. The number of halogens is 1. The second-order valence-corrected chi connectivity index (χ2v) is 5.94. The van der Waals surface area contributed by atoms with Gasteiger partial charge < -0.3 is 5.32 Å². The van der Waals surface area contributed by atoms with Gasteiger partial charge in [-0.05, 0) is 42.3 Å². The van der Waals surface area contributed by atoms with Gasteiger partial charge in [-0.2, -0.15) is 10.2 Å². The molecule has 21 heavy (non-hydrogen) atoms. The van der Waals surface area contributed by atoms with E-state index in [2.05, 4.69) is 37.5 Å². The third-order valence-electron chi connectivity index (χ3n) is 3.14. The van der Waals surface area contributed by atoms with Gasteiger partial charge in [0, 0.05) is 37.9 Å². The first-order valence-corrected chi connectivity index (χ1v) is 7.79. The fourth-order valence-corrected chi connectivity index (χ4v) is 2.45. The molecule has 0 saturated heterocycles. The summed E-state index contributed by atoms with van der Waals surface area (Å²) in [5.74, 6) is 0.0509. The minimum atomic E-state index is 0.0509. The summed E-state index contributed by atoms with van der Waals surface area (Å²) in [6, 6.07) is 2.06. The Morgan fingerprint density at radius 2 is 2.19 bits per heavy atom. The number of rotatable bonds is 7. The zero-order valence-electron chi connectivity index (χ0n) is 12.3. The molecule has 0 radical (unpaired) electrons. The first kappa shape index (κ1) is 15.8. The van der Waals surface area contributed by atoms with Crippen molar-refractivity contribution in [2.45, 2.75) is 39.8 Å². The van der Waals surface area contributed by atoms with Crippen LogP contribution in [0.25, 0.3) is 0 Å². The Bertz CT molecular complexity index is 604. The number of aryl methyl sites for hydroxylation is 4. The summed E-state index contributed by atoms with van der Waals surface area (Å²) in [6.45, 7) is 6.11. The van der Waals surface area contributed by atoms with Gasteiger partial charge in [0.25, 0.3) is 0 Å². The molecule has 2 rings (SSSR count). The maximum Gasteiger partial charge on any atom is 0.221 e. The molecule has 0 spiro atoms. The highest BCUT2D eigenvalue weighted by Crippen LogP contribution is 2.06. The summed E-state index contributed by atoms with van der Waals surface area (Å²) >= 11 is 3.33. The number of amides is 1. The van der Waals surface area contributed by atoms with Crippen molar-refractivity contribution < 1.29 is 4.79 Å². The maximum absolute atomic E-state index is 11.7. The van der Waals surface area contributed by atoms with Crippen LogP contribution in [0.5, 0.6) is 0 Å². The number of hydrogen-bond donors (Lipinski definition) is 1. The zero-order chi connectivity index (χ0) is 15.2. The quantitative estimate of drug-likeness (QED) is 0.774. The fraction of sp³-hybridized carbons (Fsp3) is 0.500. The lowest BCUT2D eigenvalue weighted by molar-refractivity contribution is -0.121. The SMILES string of the molecule is Cc1cc(C)n(CCCNC(=O)CCn2cc(Br)cn2)n1. The van der Waals surface area contributed by atoms with Crippen molar-refractivity contribution in [2.24, 2.45) is 0 Å². The predicted molar refractivity (Wildman–Crippen MR) is 83.9 cm³/mol. The molecule has 0 fully saturated rings. The molecule has 0 bridgehead atoms. The lowest BCUT2D eigenvalue weighted by Crippen LogP contribution is -2.26. The van der Waals surface area contributed by atoms with Crippen LogP contribution in [-0.4, -0.2) is 32.0 Å². The molecule has 2 heterocycles. The van der Waals surface area contributed by atoms with Crippen molar-refractivity contribution in [3.8, 4) is 0 Å². The van der Waals surface area contributed by atoms with E-state index in [0.29, 0.717) is 19.5 Å². The molecule has 0 unspecified atom stereocenters. The van der Waals surface area contributed by atoms with Crippen LogP contribution in [0.2, 0.25) is 0 Å². The molecule has 2 aromatic heterocycles. The average Bonchev–Trinajstić information content (AvgIpc) is 2.98. The van der Waals surface area contributed by atoms with Crippen LogP contribution >= 0.6 is 15.9 Å². The van der Waals surface area contributed by atoms with E-state index in [9.17, 15) is 4.79 Å². The summed E-state index contributed by atoms with van der Waals surface area (Å²) in [5, 5.41) is 11.4. The first-order chi connectivity index (χ1) is 10.0. The van der Waals surface area contributed by atoms with Gasteiger partial charge in [-0.1, -0.05) is 0 Å². The van der Waals surface area contributed by atoms with E-state index >= 15 is 0 Å². The molecule has 7 heteroatoms. The van der Waals surface area contributed by atoms with Crippen molar-refractivity contribution >= 4 is 21.8 Å². The summed E-state index contributed by atoms with van der Waals surface area (Å²) in [5.41, 5.74) is 2.19. The van der Waals surface area contributed by atoms with Crippen LogP contribution in [0.1, 0.15) is 24.2 Å². The van der Waals surface area contributed by atoms with E-state index in [1.165, 1.54) is 0 Å². The van der Waals surface area contributed by atoms with Gasteiger partial charge in [0.1, 0.15) is 0 Å². The summed E-state index contributed by atoms with van der Waals surface area (Å²) in [7, 11) is 0. The molecule has 114 valence electrons. The summed E-state index contributed by atoms with van der Waals surface area (Å²) < 4.78 is 4.65. The van der Waals surface area contributed by atoms with Crippen LogP contribution in [0, 0.1) is 13.8 Å². The van der Waals surface area contributed by atoms with Crippen molar-refractivity contribution in [3.05, 3.63) is 34.3 Å². The predicted octanol–water partition coefficient (Wildman–Crippen LogP) is 2.06. The van der Waals surface area contributed by atoms with Gasteiger partial charge in [-0.15, -0.1) is 0 Å². The normalized spacial score (nSPS) is 10.8. The molecule has 0 aromatic carbocycles. The van der Waals surface area contributed by atoms with E-state index in [-0.39, 0.29) is 5.91 Å². The Balaban J connectivity index is 1.62. The van der Waals surface area contributed by atoms with Crippen LogP contribution in [0.3, 0.4) is 0 Å². The Labute approximate surface area is 132 Å². The molecule has 1 N–H and O–H groups in total. The molecular formula is C14H20BrN5O. The van der Waals surface area contributed by atoms with Crippen LogP contribution in [-0.2, 0) is 17.9 Å². The first-order valence-electron chi connectivity index (χ1n) is 7.00. The van der Waals surface area contributed by atoms with Crippen LogP contribution in [0.15, 0.2) is 22.9 Å². The molecule has 0 atom stereocenters. The molecule has 0 aliphatic heterocycles. The highest BCUT2D eigenvalue weighted by Gasteiger charge is 2.04. The fourth-order valence-electron chi connectivity index (χ4n) is 2.12. The van der Waals surface area contributed by atoms with Gasteiger partial charge >= 0.3 is 0 Å². The second-order valence-electron chi connectivity index (χ2n) is 5.03. The monoisotopic (exact) mass is 353 g/mol. The highest BCUT2D eigenvalue weighted by atomic mass is 79.9. The minimum absolute atomic E-state index is 0.0509. The number of hydrogen-bond acceptors (Lipinski definition) is 3. The van der Waals surface area contributed by atoms with Gasteiger partial charge in [0.05, 0.1) is 16.4 Å². The van der Waals surface area contributed by atoms with Crippen molar-refractivity contribution in [1.82, 2.24) is 24.9 Å². The second kappa shape index (κ2) is 7.40. The summed E-state index contributed by atoms with van der Waals surface area (Å²) in [4.78, 5) is 11.7. The smallest absolute Gasteiger partial charge is 0.221 e. The Hall–Kier alpha value is -1.63. The van der Waals surface area contributed by atoms with Gasteiger partial charge in [-0.3, -0.25) is 14.2 Å². The lowest BCUT2D eigenvalue weighted by Gasteiger charge is -2.07. The summed E-state index contributed by atoms with van der Waals surface area (Å²) in [6.07, 6.45) is 4.89. The van der Waals surface area contributed by atoms with E-state index < -0.39 is 0 Å². The molecule has 0 aliphatic rings. The standard InChI is InChI=1S/C14H20BrN5O/c1-11-8-12(2)20(18-11)6-3-5-16-14(21)4-7-19-10-13(15)9-17-19/h8-10H,3-7H2,1-2H3,(H,16,21). The van der Waals surface area contributed by atoms with Crippen LogP contribution in [0.4, 0.5) is 0 Å². The molecule has 6 nitrogen and oxygen atoms in total. The number of nitrogens with one attached hydrogen (secondary N) is 1. The third-order valence-corrected chi connectivity index (χ3v) is 3.55. The number of aromatic nitrogens is 4. The van der Waals surface area contributed by atoms with Crippen LogP contribution < -0.4 is 5.32 Å². The van der Waals surface area contributed by atoms with E-state index in [0.717, 1.165) is 28.8 Å². The number of nitrogens with zero attached hydrogens (tertiary/aromatic N) is 4. The lowest BCUT2D eigenvalue weighted by atomic mass is 10.3. The Morgan fingerprint density at radius 3 is 2.81 bits per heavy atom. The van der Waals surface area contributed by atoms with Gasteiger partial charge in [0.2, 0.25) is 5.91 Å². The van der Waals surface area contributed by atoms with Crippen molar-refractivity contribution in [3.63, 3.8) is 0 Å².